The molecular weight excluding hydrogens is 322 g/mol. The molecule has 0 spiro atoms. The number of aryl methyl sites for hydroxylation is 2. The summed E-state index contributed by atoms with van der Waals surface area (Å²) >= 11 is 3.64. The zero-order valence-electron chi connectivity index (χ0n) is 12.2. The average Bonchev–Trinajstić information content (AvgIpc) is 2.74. The Morgan fingerprint density at radius 1 is 1.60 bits per heavy atom. The van der Waals surface area contributed by atoms with E-state index in [2.05, 4.69) is 43.5 Å². The second kappa shape index (κ2) is 6.69. The van der Waals surface area contributed by atoms with Crippen molar-refractivity contribution < 1.29 is 4.79 Å². The lowest BCUT2D eigenvalue weighted by molar-refractivity contribution is -0.126. The molecule has 1 aliphatic heterocycles. The maximum atomic E-state index is 12.0. The van der Waals surface area contributed by atoms with Crippen molar-refractivity contribution in [2.45, 2.75) is 25.9 Å². The van der Waals surface area contributed by atoms with E-state index in [-0.39, 0.29) is 11.9 Å². The van der Waals surface area contributed by atoms with Crippen molar-refractivity contribution >= 4 is 21.8 Å². The number of rotatable bonds is 4. The summed E-state index contributed by atoms with van der Waals surface area (Å²) in [6, 6.07) is -0.124. The van der Waals surface area contributed by atoms with Crippen LogP contribution >= 0.6 is 15.9 Å². The van der Waals surface area contributed by atoms with Crippen LogP contribution in [-0.2, 0) is 24.8 Å². The van der Waals surface area contributed by atoms with Crippen molar-refractivity contribution in [2.75, 3.05) is 26.7 Å². The summed E-state index contributed by atoms with van der Waals surface area (Å²) in [6.07, 6.45) is 0.898. The number of likely N-dealkylation sites (N-methyl/N-ethyl adjacent to an activating group) is 1. The monoisotopic (exact) mass is 343 g/mol. The highest BCUT2D eigenvalue weighted by molar-refractivity contribution is 9.10. The molecule has 0 bridgehead atoms. The topological polar surface area (TPSA) is 62.2 Å². The van der Waals surface area contributed by atoms with Crippen molar-refractivity contribution in [3.63, 3.8) is 0 Å². The number of halogens is 1. The number of nitrogens with one attached hydrogen (secondary N) is 2. The van der Waals surface area contributed by atoms with E-state index in [1.54, 1.807) is 7.05 Å². The van der Waals surface area contributed by atoms with Crippen LogP contribution < -0.4 is 10.6 Å². The van der Waals surface area contributed by atoms with Gasteiger partial charge in [-0.25, -0.2) is 0 Å². The summed E-state index contributed by atoms with van der Waals surface area (Å²) in [5, 5.41) is 10.5. The highest BCUT2D eigenvalue weighted by Crippen LogP contribution is 2.23. The molecule has 2 heterocycles. The molecule has 0 aromatic carbocycles. The number of carbonyl (C=O) groups excluding carboxylic acids is 1. The molecule has 0 radical (unpaired) electrons. The van der Waals surface area contributed by atoms with Crippen molar-refractivity contribution in [2.24, 2.45) is 7.05 Å². The predicted octanol–water partition coefficient (Wildman–Crippen LogP) is 0.265. The maximum Gasteiger partial charge on any atom is 0.238 e. The molecule has 0 aliphatic carbocycles. The number of hydrogen-bond acceptors (Lipinski definition) is 4. The van der Waals surface area contributed by atoms with E-state index in [0.29, 0.717) is 6.54 Å². The van der Waals surface area contributed by atoms with Crippen LogP contribution in [0.2, 0.25) is 0 Å². The molecule has 1 saturated heterocycles. The Morgan fingerprint density at radius 3 is 2.95 bits per heavy atom. The van der Waals surface area contributed by atoms with Crippen molar-refractivity contribution in [3.05, 3.63) is 15.9 Å². The SMILES string of the molecule is CCc1nn(C)c(CN2CCNCC2C(=O)NC)c1Br. The van der Waals surface area contributed by atoms with Gasteiger partial charge in [0.1, 0.15) is 6.04 Å². The smallest absolute Gasteiger partial charge is 0.238 e. The molecule has 1 unspecified atom stereocenters. The molecular formula is C13H22BrN5O. The Hall–Kier alpha value is -0.920. The van der Waals surface area contributed by atoms with Gasteiger partial charge >= 0.3 is 0 Å². The van der Waals surface area contributed by atoms with Gasteiger partial charge in [0.05, 0.1) is 15.9 Å². The fourth-order valence-electron chi connectivity index (χ4n) is 2.54. The fourth-order valence-corrected chi connectivity index (χ4v) is 3.29. The molecule has 7 heteroatoms. The van der Waals surface area contributed by atoms with Crippen molar-refractivity contribution in [1.82, 2.24) is 25.3 Å². The van der Waals surface area contributed by atoms with E-state index in [1.807, 2.05) is 11.7 Å². The van der Waals surface area contributed by atoms with E-state index < -0.39 is 0 Å². The number of amides is 1. The molecule has 6 nitrogen and oxygen atoms in total. The summed E-state index contributed by atoms with van der Waals surface area (Å²) in [7, 11) is 3.64. The van der Waals surface area contributed by atoms with E-state index in [0.717, 1.165) is 41.9 Å². The molecule has 0 saturated carbocycles. The van der Waals surface area contributed by atoms with Crippen LogP contribution in [0.15, 0.2) is 4.47 Å². The Kier molecular flexibility index (Phi) is 5.17. The number of piperazine rings is 1. The third-order valence-electron chi connectivity index (χ3n) is 3.76. The first-order valence-corrected chi connectivity index (χ1v) is 7.74. The largest absolute Gasteiger partial charge is 0.358 e. The lowest BCUT2D eigenvalue weighted by Crippen LogP contribution is -2.57. The van der Waals surface area contributed by atoms with Crippen molar-refractivity contribution in [3.8, 4) is 0 Å². The standard InChI is InChI=1S/C13H22BrN5O/c1-4-9-12(14)11(18(3)17-9)8-19-6-5-16-7-10(19)13(20)15-2/h10,16H,4-8H2,1-3H3,(H,15,20). The van der Waals surface area contributed by atoms with Gasteiger partial charge in [-0.2, -0.15) is 5.10 Å². The summed E-state index contributed by atoms with van der Waals surface area (Å²) in [4.78, 5) is 14.2. The Balaban J connectivity index is 2.18. The molecule has 2 N–H and O–H groups in total. The third-order valence-corrected chi connectivity index (χ3v) is 4.67. The van der Waals surface area contributed by atoms with Crippen LogP contribution in [0, 0.1) is 0 Å². The molecule has 1 amide bonds. The van der Waals surface area contributed by atoms with Crippen LogP contribution in [0.5, 0.6) is 0 Å². The van der Waals surface area contributed by atoms with Gasteiger partial charge in [-0.05, 0) is 22.4 Å². The second-order valence-corrected chi connectivity index (χ2v) is 5.78. The van der Waals surface area contributed by atoms with Gasteiger partial charge in [-0.15, -0.1) is 0 Å². The first kappa shape index (κ1) is 15.5. The highest BCUT2D eigenvalue weighted by atomic mass is 79.9. The van der Waals surface area contributed by atoms with Gasteiger partial charge in [0, 0.05) is 40.3 Å². The summed E-state index contributed by atoms with van der Waals surface area (Å²) in [6.45, 7) is 5.27. The number of aromatic nitrogens is 2. The van der Waals surface area contributed by atoms with Crippen molar-refractivity contribution in [1.29, 1.82) is 0 Å². The minimum Gasteiger partial charge on any atom is -0.358 e. The lowest BCUT2D eigenvalue weighted by atomic mass is 10.1. The Bertz CT molecular complexity index is 487. The molecule has 1 fully saturated rings. The van der Waals surface area contributed by atoms with Crippen LogP contribution in [0.3, 0.4) is 0 Å². The van der Waals surface area contributed by atoms with Gasteiger partial charge in [-0.3, -0.25) is 14.4 Å². The van der Waals surface area contributed by atoms with Gasteiger partial charge in [-0.1, -0.05) is 6.92 Å². The highest BCUT2D eigenvalue weighted by Gasteiger charge is 2.29. The van der Waals surface area contributed by atoms with E-state index in [4.69, 9.17) is 0 Å². The third kappa shape index (κ3) is 3.05. The summed E-state index contributed by atoms with van der Waals surface area (Å²) < 4.78 is 2.97. The maximum absolute atomic E-state index is 12.0. The minimum absolute atomic E-state index is 0.0613. The number of nitrogens with zero attached hydrogens (tertiary/aromatic N) is 3. The normalized spacial score (nSPS) is 20.1. The van der Waals surface area contributed by atoms with E-state index in [1.165, 1.54) is 0 Å². The zero-order valence-corrected chi connectivity index (χ0v) is 13.8. The predicted molar refractivity (Wildman–Crippen MR) is 81.4 cm³/mol. The summed E-state index contributed by atoms with van der Waals surface area (Å²) in [5.41, 5.74) is 2.19. The average molecular weight is 344 g/mol. The molecule has 1 aromatic rings. The molecule has 1 aliphatic rings. The fraction of sp³-hybridized carbons (Fsp3) is 0.692. The molecule has 20 heavy (non-hydrogen) atoms. The lowest BCUT2D eigenvalue weighted by Gasteiger charge is -2.34. The molecule has 2 rings (SSSR count). The summed E-state index contributed by atoms with van der Waals surface area (Å²) in [5.74, 6) is 0.0613. The zero-order chi connectivity index (χ0) is 14.7. The number of hydrogen-bond donors (Lipinski definition) is 2. The molecule has 1 aromatic heterocycles. The number of carbonyl (C=O) groups is 1. The van der Waals surface area contributed by atoms with Gasteiger partial charge in [0.2, 0.25) is 5.91 Å². The van der Waals surface area contributed by atoms with Crippen LogP contribution in [0.1, 0.15) is 18.3 Å². The van der Waals surface area contributed by atoms with Crippen LogP contribution in [0.25, 0.3) is 0 Å². The van der Waals surface area contributed by atoms with Gasteiger partial charge < -0.3 is 10.6 Å². The quantitative estimate of drug-likeness (QED) is 0.823. The first-order valence-electron chi connectivity index (χ1n) is 6.95. The first-order chi connectivity index (χ1) is 9.58. The van der Waals surface area contributed by atoms with Gasteiger partial charge in [0.25, 0.3) is 0 Å². The van der Waals surface area contributed by atoms with Gasteiger partial charge in [0.15, 0.2) is 0 Å². The Morgan fingerprint density at radius 2 is 2.35 bits per heavy atom. The second-order valence-electron chi connectivity index (χ2n) is 4.99. The van der Waals surface area contributed by atoms with E-state index in [9.17, 15) is 4.79 Å². The Labute approximate surface area is 128 Å². The minimum atomic E-state index is -0.124. The van der Waals surface area contributed by atoms with E-state index >= 15 is 0 Å². The molecule has 112 valence electrons. The van der Waals surface area contributed by atoms with Crippen LogP contribution in [-0.4, -0.2) is 53.3 Å². The van der Waals surface area contributed by atoms with Crippen LogP contribution in [0.4, 0.5) is 0 Å². The molecule has 1 atom stereocenters.